The van der Waals surface area contributed by atoms with Crippen LogP contribution in [0.3, 0.4) is 0 Å². The van der Waals surface area contributed by atoms with E-state index in [9.17, 15) is 9.59 Å². The molecule has 4 aromatic rings. The molecule has 0 spiro atoms. The van der Waals surface area contributed by atoms with Gasteiger partial charge in [0.25, 0.3) is 5.56 Å². The van der Waals surface area contributed by atoms with Gasteiger partial charge in [0.05, 0.1) is 35.1 Å². The zero-order valence-corrected chi connectivity index (χ0v) is 22.8. The zero-order chi connectivity index (χ0) is 27.3. The van der Waals surface area contributed by atoms with E-state index in [0.29, 0.717) is 59.4 Å². The fourth-order valence-electron chi connectivity index (χ4n) is 4.91. The summed E-state index contributed by atoms with van der Waals surface area (Å²) in [6.45, 7) is 7.21. The van der Waals surface area contributed by atoms with Crippen LogP contribution in [0.15, 0.2) is 41.7 Å². The highest BCUT2D eigenvalue weighted by atomic mass is 35.5. The van der Waals surface area contributed by atoms with Crippen molar-refractivity contribution in [1.29, 1.82) is 0 Å². The molecule has 1 aliphatic carbocycles. The van der Waals surface area contributed by atoms with E-state index in [1.807, 2.05) is 25.8 Å². The van der Waals surface area contributed by atoms with Crippen LogP contribution in [0.5, 0.6) is 0 Å². The Kier molecular flexibility index (Phi) is 6.29. The molecule has 1 saturated carbocycles. The highest BCUT2D eigenvalue weighted by Gasteiger charge is 2.38. The van der Waals surface area contributed by atoms with Gasteiger partial charge in [0.15, 0.2) is 17.3 Å². The van der Waals surface area contributed by atoms with E-state index in [2.05, 4.69) is 20.4 Å². The molecule has 1 aliphatic heterocycles. The number of carbonyl (C=O) groups excluding carboxylic acids is 1. The Morgan fingerprint density at radius 3 is 2.64 bits per heavy atom. The number of rotatable bonds is 5. The van der Waals surface area contributed by atoms with E-state index >= 15 is 0 Å². The lowest BCUT2D eigenvalue weighted by atomic mass is 10.1. The first kappa shape index (κ1) is 25.4. The summed E-state index contributed by atoms with van der Waals surface area (Å²) in [5, 5.41) is 10.4. The van der Waals surface area contributed by atoms with Crippen molar-refractivity contribution in [2.24, 2.45) is 5.92 Å². The van der Waals surface area contributed by atoms with Gasteiger partial charge in [-0.25, -0.2) is 28.9 Å². The Labute approximate surface area is 229 Å². The summed E-state index contributed by atoms with van der Waals surface area (Å²) in [6.07, 6.45) is 6.51. The number of hydrogen-bond donors (Lipinski definition) is 1. The number of benzene rings is 1. The van der Waals surface area contributed by atoms with Gasteiger partial charge in [0.1, 0.15) is 11.9 Å². The van der Waals surface area contributed by atoms with E-state index in [4.69, 9.17) is 21.3 Å². The van der Waals surface area contributed by atoms with E-state index in [1.54, 1.807) is 44.7 Å². The number of fused-ring (bicyclic) bond motifs is 2. The molecular formula is C26H30ClN9O3. The average Bonchev–Trinajstić information content (AvgIpc) is 3.61. The van der Waals surface area contributed by atoms with Crippen molar-refractivity contribution < 1.29 is 9.53 Å². The predicted molar refractivity (Wildman–Crippen MR) is 147 cm³/mol. The SMILES string of the molecule is CC(C)(C)OC(=O)N1CCN(n2c([C@@H](Nc3ncnn4ccnc34)C3CC3)nc3cccc(Cl)c3c2=O)CC1. The van der Waals surface area contributed by atoms with E-state index in [0.717, 1.165) is 12.8 Å². The number of nitrogens with one attached hydrogen (secondary N) is 1. The molecule has 0 radical (unpaired) electrons. The second kappa shape index (κ2) is 9.67. The Morgan fingerprint density at radius 1 is 1.15 bits per heavy atom. The highest BCUT2D eigenvalue weighted by molar-refractivity contribution is 6.35. The highest BCUT2D eigenvalue weighted by Crippen LogP contribution is 2.42. The Bertz CT molecular complexity index is 1600. The van der Waals surface area contributed by atoms with Crippen LogP contribution in [0.25, 0.3) is 16.6 Å². The molecular weight excluding hydrogens is 522 g/mol. The van der Waals surface area contributed by atoms with Crippen LogP contribution in [0.4, 0.5) is 10.6 Å². The molecule has 1 N–H and O–H groups in total. The van der Waals surface area contributed by atoms with Gasteiger partial charge in [0.2, 0.25) is 0 Å². The smallest absolute Gasteiger partial charge is 0.410 e. The maximum Gasteiger partial charge on any atom is 0.410 e. The van der Waals surface area contributed by atoms with Crippen molar-refractivity contribution >= 4 is 40.1 Å². The molecule has 2 fully saturated rings. The van der Waals surface area contributed by atoms with Crippen molar-refractivity contribution in [3.63, 3.8) is 0 Å². The molecule has 1 amide bonds. The van der Waals surface area contributed by atoms with Crippen molar-refractivity contribution in [1.82, 2.24) is 34.1 Å². The number of anilines is 1. The molecule has 4 heterocycles. The maximum absolute atomic E-state index is 14.1. The van der Waals surface area contributed by atoms with Crippen LogP contribution in [-0.2, 0) is 4.74 Å². The largest absolute Gasteiger partial charge is 0.444 e. The predicted octanol–water partition coefficient (Wildman–Crippen LogP) is 3.24. The van der Waals surface area contributed by atoms with Gasteiger partial charge in [-0.15, -0.1) is 0 Å². The summed E-state index contributed by atoms with van der Waals surface area (Å²) < 4.78 is 8.84. The van der Waals surface area contributed by atoms with Gasteiger partial charge >= 0.3 is 6.09 Å². The summed E-state index contributed by atoms with van der Waals surface area (Å²) in [7, 11) is 0. The van der Waals surface area contributed by atoms with Gasteiger partial charge < -0.3 is 20.0 Å². The number of imidazole rings is 1. The molecule has 3 aromatic heterocycles. The third kappa shape index (κ3) is 4.96. The first-order chi connectivity index (χ1) is 18.7. The standard InChI is InChI=1S/C26H30ClN9O3/c1-26(2,3)39-25(38)33-11-13-34(14-12-33)36-22(31-18-6-4-5-17(27)19(18)24(36)37)20(16-7-8-16)32-21-23-28-9-10-35(23)30-15-29-21/h4-6,9-10,15-16,20H,7-8,11-14H2,1-3H3,(H,29,30,32)/t20-/m0/s1. The minimum Gasteiger partial charge on any atom is -0.444 e. The molecule has 39 heavy (non-hydrogen) atoms. The normalized spacial score (nSPS) is 17.0. The number of amides is 1. The lowest BCUT2D eigenvalue weighted by Gasteiger charge is -2.38. The van der Waals surface area contributed by atoms with Crippen molar-refractivity contribution in [2.45, 2.75) is 45.3 Å². The summed E-state index contributed by atoms with van der Waals surface area (Å²) in [5.74, 6) is 1.40. The second-order valence-corrected chi connectivity index (χ2v) is 11.3. The Hall–Kier alpha value is -3.93. The number of aromatic nitrogens is 6. The number of carbonyl (C=O) groups is 1. The van der Waals surface area contributed by atoms with Crippen molar-refractivity contribution in [3.05, 3.63) is 58.1 Å². The molecule has 13 heteroatoms. The van der Waals surface area contributed by atoms with Crippen LogP contribution >= 0.6 is 11.6 Å². The minimum absolute atomic E-state index is 0.243. The second-order valence-electron chi connectivity index (χ2n) is 10.9. The zero-order valence-electron chi connectivity index (χ0n) is 22.0. The minimum atomic E-state index is -0.582. The molecule has 12 nitrogen and oxygen atoms in total. The van der Waals surface area contributed by atoms with Crippen molar-refractivity contribution in [3.8, 4) is 0 Å². The number of piperazine rings is 1. The Morgan fingerprint density at radius 2 is 1.92 bits per heavy atom. The third-order valence-corrected chi connectivity index (χ3v) is 7.22. The van der Waals surface area contributed by atoms with Gasteiger partial charge in [-0.2, -0.15) is 5.10 Å². The topological polar surface area (TPSA) is 123 Å². The molecule has 0 bridgehead atoms. The Balaban J connectivity index is 1.40. The molecule has 2 aliphatic rings. The molecule has 204 valence electrons. The summed E-state index contributed by atoms with van der Waals surface area (Å²) in [5.41, 5.74) is 0.299. The van der Waals surface area contributed by atoms with Crippen LogP contribution in [-0.4, -0.2) is 72.0 Å². The number of nitrogens with zero attached hydrogens (tertiary/aromatic N) is 8. The molecule has 1 atom stereocenters. The first-order valence-electron chi connectivity index (χ1n) is 13.0. The van der Waals surface area contributed by atoms with E-state index in [-0.39, 0.29) is 23.6 Å². The van der Waals surface area contributed by atoms with Gasteiger partial charge in [-0.3, -0.25) is 4.79 Å². The lowest BCUT2D eigenvalue weighted by molar-refractivity contribution is 0.0231. The van der Waals surface area contributed by atoms with Crippen molar-refractivity contribution in [2.75, 3.05) is 36.5 Å². The fourth-order valence-corrected chi connectivity index (χ4v) is 5.16. The third-order valence-electron chi connectivity index (χ3n) is 6.90. The molecule has 6 rings (SSSR count). The summed E-state index contributed by atoms with van der Waals surface area (Å²) in [6, 6.07) is 4.99. The maximum atomic E-state index is 14.1. The lowest BCUT2D eigenvalue weighted by Crippen LogP contribution is -2.57. The quantitative estimate of drug-likeness (QED) is 0.398. The number of halogens is 1. The van der Waals surface area contributed by atoms with Gasteiger partial charge in [-0.1, -0.05) is 17.7 Å². The molecule has 1 saturated heterocycles. The molecule has 1 aromatic carbocycles. The fraction of sp³-hybridized carbons (Fsp3) is 0.462. The first-order valence-corrected chi connectivity index (χ1v) is 13.4. The average molecular weight is 552 g/mol. The monoisotopic (exact) mass is 551 g/mol. The number of ether oxygens (including phenoxy) is 1. The van der Waals surface area contributed by atoms with E-state index in [1.165, 1.54) is 6.33 Å². The van der Waals surface area contributed by atoms with Crippen LogP contribution < -0.4 is 15.9 Å². The summed E-state index contributed by atoms with van der Waals surface area (Å²) >= 11 is 6.50. The summed E-state index contributed by atoms with van der Waals surface area (Å²) in [4.78, 5) is 42.2. The van der Waals surface area contributed by atoms with Crippen LogP contribution in [0.1, 0.15) is 45.5 Å². The molecule has 0 unspecified atom stereocenters. The van der Waals surface area contributed by atoms with Crippen LogP contribution in [0.2, 0.25) is 5.02 Å². The van der Waals surface area contributed by atoms with E-state index < -0.39 is 5.60 Å². The van der Waals surface area contributed by atoms with Crippen LogP contribution in [0, 0.1) is 5.92 Å². The van der Waals surface area contributed by atoms with Gasteiger partial charge in [0, 0.05) is 25.5 Å². The number of hydrogen-bond acceptors (Lipinski definition) is 9. The van der Waals surface area contributed by atoms with Gasteiger partial charge in [-0.05, 0) is 51.7 Å².